The van der Waals surface area contributed by atoms with Gasteiger partial charge in [-0.2, -0.15) is 0 Å². The van der Waals surface area contributed by atoms with E-state index in [1.165, 1.54) is 6.42 Å². The van der Waals surface area contributed by atoms with E-state index in [1.807, 2.05) is 4.90 Å². The second-order valence-electron chi connectivity index (χ2n) is 7.23. The number of piperidine rings is 1. The van der Waals surface area contributed by atoms with Crippen molar-refractivity contribution in [2.75, 3.05) is 6.61 Å². The van der Waals surface area contributed by atoms with Crippen molar-refractivity contribution in [2.45, 2.75) is 77.9 Å². The Morgan fingerprint density at radius 2 is 1.69 bits per heavy atom. The molecule has 0 saturated carbocycles. The third-order valence-corrected chi connectivity index (χ3v) is 5.28. The van der Waals surface area contributed by atoms with E-state index in [9.17, 15) is 9.59 Å². The monoisotopic (exact) mass is 360 g/mol. The summed E-state index contributed by atoms with van der Waals surface area (Å²) < 4.78 is 5.65. The summed E-state index contributed by atoms with van der Waals surface area (Å²) in [5, 5.41) is 3.01. The number of nitrogens with one attached hydrogen (secondary N) is 1. The molecule has 26 heavy (non-hydrogen) atoms. The number of nitrogens with zero attached hydrogens (tertiary/aromatic N) is 1. The van der Waals surface area contributed by atoms with Crippen molar-refractivity contribution in [3.05, 3.63) is 29.8 Å². The number of hydrogen-bond acceptors (Lipinski definition) is 3. The summed E-state index contributed by atoms with van der Waals surface area (Å²) in [6, 6.07) is 7.71. The standard InChI is InChI=1S/C21H32N2O3/c1-5-18(6-2)22-21(25)17-10-12-19(13-11-17)26-14-20(24)23-15(3)8-7-9-16(23)4/h10-13,15-16,18H,5-9,14H2,1-4H3,(H,22,25). The number of ether oxygens (including phenoxy) is 1. The van der Waals surface area contributed by atoms with Crippen LogP contribution in [0.5, 0.6) is 5.75 Å². The molecule has 1 aliphatic heterocycles. The minimum atomic E-state index is -0.0720. The van der Waals surface area contributed by atoms with Gasteiger partial charge in [-0.25, -0.2) is 0 Å². The Morgan fingerprint density at radius 1 is 1.12 bits per heavy atom. The van der Waals surface area contributed by atoms with E-state index in [0.29, 0.717) is 11.3 Å². The van der Waals surface area contributed by atoms with Gasteiger partial charge in [-0.05, 0) is 70.2 Å². The van der Waals surface area contributed by atoms with Gasteiger partial charge in [0.2, 0.25) is 0 Å². The number of hydrogen-bond donors (Lipinski definition) is 1. The van der Waals surface area contributed by atoms with Crippen LogP contribution in [0.25, 0.3) is 0 Å². The molecule has 1 saturated heterocycles. The zero-order valence-electron chi connectivity index (χ0n) is 16.5. The van der Waals surface area contributed by atoms with Crippen LogP contribution in [0.1, 0.15) is 70.2 Å². The Labute approximate surface area is 157 Å². The first-order valence-corrected chi connectivity index (χ1v) is 9.81. The van der Waals surface area contributed by atoms with Crippen molar-refractivity contribution in [3.63, 3.8) is 0 Å². The van der Waals surface area contributed by atoms with Crippen molar-refractivity contribution in [3.8, 4) is 5.75 Å². The zero-order chi connectivity index (χ0) is 19.1. The van der Waals surface area contributed by atoms with Gasteiger partial charge in [-0.1, -0.05) is 13.8 Å². The summed E-state index contributed by atoms with van der Waals surface area (Å²) in [4.78, 5) is 26.7. The van der Waals surface area contributed by atoms with E-state index in [4.69, 9.17) is 4.74 Å². The quantitative estimate of drug-likeness (QED) is 0.805. The highest BCUT2D eigenvalue weighted by atomic mass is 16.5. The molecule has 2 atom stereocenters. The minimum Gasteiger partial charge on any atom is -0.484 e. The van der Waals surface area contributed by atoms with Gasteiger partial charge in [0.05, 0.1) is 0 Å². The Balaban J connectivity index is 1.89. The average Bonchev–Trinajstić information content (AvgIpc) is 2.64. The van der Waals surface area contributed by atoms with Crippen LogP contribution >= 0.6 is 0 Å². The molecule has 0 spiro atoms. The highest BCUT2D eigenvalue weighted by Crippen LogP contribution is 2.23. The van der Waals surface area contributed by atoms with E-state index >= 15 is 0 Å². The predicted molar refractivity (Wildman–Crippen MR) is 103 cm³/mol. The molecule has 2 rings (SSSR count). The molecule has 0 aromatic heterocycles. The van der Waals surface area contributed by atoms with E-state index in [-0.39, 0.29) is 36.5 Å². The Kier molecular flexibility index (Phi) is 7.49. The molecule has 1 aliphatic rings. The number of benzene rings is 1. The number of carbonyl (C=O) groups excluding carboxylic acids is 2. The summed E-state index contributed by atoms with van der Waals surface area (Å²) in [5.74, 6) is 0.562. The van der Waals surface area contributed by atoms with E-state index in [1.54, 1.807) is 24.3 Å². The van der Waals surface area contributed by atoms with Crippen LogP contribution in [-0.4, -0.2) is 41.4 Å². The molecule has 2 unspecified atom stereocenters. The van der Waals surface area contributed by atoms with Gasteiger partial charge < -0.3 is 15.0 Å². The van der Waals surface area contributed by atoms with E-state index in [2.05, 4.69) is 33.0 Å². The van der Waals surface area contributed by atoms with Gasteiger partial charge in [0.1, 0.15) is 5.75 Å². The fraction of sp³-hybridized carbons (Fsp3) is 0.619. The highest BCUT2D eigenvalue weighted by Gasteiger charge is 2.28. The lowest BCUT2D eigenvalue weighted by Crippen LogP contribution is -2.49. The minimum absolute atomic E-state index is 0.0280. The van der Waals surface area contributed by atoms with Crippen molar-refractivity contribution in [1.29, 1.82) is 0 Å². The third kappa shape index (κ3) is 5.23. The first-order valence-electron chi connectivity index (χ1n) is 9.81. The van der Waals surface area contributed by atoms with Gasteiger partial charge in [0, 0.05) is 23.7 Å². The van der Waals surface area contributed by atoms with Crippen molar-refractivity contribution in [2.24, 2.45) is 0 Å². The fourth-order valence-electron chi connectivity index (χ4n) is 3.60. The van der Waals surface area contributed by atoms with Crippen LogP contribution < -0.4 is 10.1 Å². The topological polar surface area (TPSA) is 58.6 Å². The van der Waals surface area contributed by atoms with Gasteiger partial charge in [0.15, 0.2) is 6.61 Å². The molecular weight excluding hydrogens is 328 g/mol. The molecule has 1 aromatic rings. The molecule has 144 valence electrons. The second kappa shape index (κ2) is 9.60. The molecule has 0 bridgehead atoms. The number of likely N-dealkylation sites (tertiary alicyclic amines) is 1. The molecule has 1 fully saturated rings. The van der Waals surface area contributed by atoms with Crippen LogP contribution in [0, 0.1) is 0 Å². The number of rotatable bonds is 7. The lowest BCUT2D eigenvalue weighted by molar-refractivity contribution is -0.139. The third-order valence-electron chi connectivity index (χ3n) is 5.28. The maximum atomic E-state index is 12.5. The molecule has 1 N–H and O–H groups in total. The average molecular weight is 360 g/mol. The first-order chi connectivity index (χ1) is 12.5. The summed E-state index contributed by atoms with van der Waals surface area (Å²) in [6.07, 6.45) is 5.11. The van der Waals surface area contributed by atoms with E-state index < -0.39 is 0 Å². The van der Waals surface area contributed by atoms with Crippen LogP contribution in [0.4, 0.5) is 0 Å². The summed E-state index contributed by atoms with van der Waals surface area (Å²) in [5.41, 5.74) is 0.605. The van der Waals surface area contributed by atoms with Crippen LogP contribution in [-0.2, 0) is 4.79 Å². The summed E-state index contributed by atoms with van der Waals surface area (Å²) >= 11 is 0. The normalized spacial score (nSPS) is 20.1. The number of amides is 2. The van der Waals surface area contributed by atoms with Crippen molar-refractivity contribution in [1.82, 2.24) is 10.2 Å². The van der Waals surface area contributed by atoms with Gasteiger partial charge >= 0.3 is 0 Å². The van der Waals surface area contributed by atoms with Crippen molar-refractivity contribution >= 4 is 11.8 Å². The van der Waals surface area contributed by atoms with Gasteiger partial charge in [-0.15, -0.1) is 0 Å². The Morgan fingerprint density at radius 3 is 2.23 bits per heavy atom. The molecule has 5 heteroatoms. The number of carbonyl (C=O) groups is 2. The lowest BCUT2D eigenvalue weighted by atomic mass is 9.97. The molecule has 5 nitrogen and oxygen atoms in total. The van der Waals surface area contributed by atoms with Gasteiger partial charge in [0.25, 0.3) is 11.8 Å². The van der Waals surface area contributed by atoms with Crippen LogP contribution in [0.15, 0.2) is 24.3 Å². The molecule has 1 heterocycles. The molecule has 0 aliphatic carbocycles. The Bertz CT molecular complexity index is 586. The van der Waals surface area contributed by atoms with Gasteiger partial charge in [-0.3, -0.25) is 9.59 Å². The largest absolute Gasteiger partial charge is 0.484 e. The SMILES string of the molecule is CCC(CC)NC(=O)c1ccc(OCC(=O)N2C(C)CCCC2C)cc1. The molecule has 0 radical (unpaired) electrons. The highest BCUT2D eigenvalue weighted by molar-refractivity contribution is 5.94. The predicted octanol–water partition coefficient (Wildman–Crippen LogP) is 3.77. The molecule has 2 amide bonds. The molecular formula is C21H32N2O3. The molecule has 1 aromatic carbocycles. The van der Waals surface area contributed by atoms with Crippen LogP contribution in [0.2, 0.25) is 0 Å². The van der Waals surface area contributed by atoms with E-state index in [0.717, 1.165) is 25.7 Å². The lowest BCUT2D eigenvalue weighted by Gasteiger charge is -2.38. The Hall–Kier alpha value is -2.04. The van der Waals surface area contributed by atoms with Crippen LogP contribution in [0.3, 0.4) is 0 Å². The maximum Gasteiger partial charge on any atom is 0.260 e. The maximum absolute atomic E-state index is 12.5. The first kappa shape index (κ1) is 20.3. The smallest absolute Gasteiger partial charge is 0.260 e. The fourth-order valence-corrected chi connectivity index (χ4v) is 3.60. The summed E-state index contributed by atoms with van der Waals surface area (Å²) in [7, 11) is 0. The zero-order valence-corrected chi connectivity index (χ0v) is 16.5. The summed E-state index contributed by atoms with van der Waals surface area (Å²) in [6.45, 7) is 8.36. The van der Waals surface area contributed by atoms with Crippen molar-refractivity contribution < 1.29 is 14.3 Å². The second-order valence-corrected chi connectivity index (χ2v) is 7.23.